The Hall–Kier alpha value is -7.04. The van der Waals surface area contributed by atoms with Gasteiger partial charge in [0.25, 0.3) is 0 Å². The molecule has 4 nitrogen and oxygen atoms in total. The zero-order valence-electron chi connectivity index (χ0n) is 29.3. The Labute approximate surface area is 307 Å². The molecule has 0 radical (unpaired) electrons. The van der Waals surface area contributed by atoms with Crippen molar-refractivity contribution in [3.05, 3.63) is 194 Å². The molecule has 0 fully saturated rings. The molecule has 0 aliphatic heterocycles. The summed E-state index contributed by atoms with van der Waals surface area (Å²) in [6.45, 7) is 5.94. The summed E-state index contributed by atoms with van der Waals surface area (Å²) in [5.41, 5.74) is 12.2. The van der Waals surface area contributed by atoms with Crippen LogP contribution in [0, 0.1) is 6.92 Å². The number of rotatable bonds is 7. The van der Waals surface area contributed by atoms with Crippen LogP contribution in [0.3, 0.4) is 0 Å². The fourth-order valence-corrected chi connectivity index (χ4v) is 8.03. The highest BCUT2D eigenvalue weighted by Crippen LogP contribution is 2.41. The summed E-state index contributed by atoms with van der Waals surface area (Å²) in [4.78, 5) is 2.35. The van der Waals surface area contributed by atoms with Gasteiger partial charge in [0.15, 0.2) is 0 Å². The average Bonchev–Trinajstić information content (AvgIpc) is 3.84. The monoisotopic (exact) mass is 681 g/mol. The second-order valence-electron chi connectivity index (χ2n) is 13.5. The molecule has 0 N–H and O–H groups in total. The van der Waals surface area contributed by atoms with Gasteiger partial charge in [0.05, 0.1) is 22.1 Å². The highest BCUT2D eigenvalue weighted by molar-refractivity contribution is 6.11. The van der Waals surface area contributed by atoms with Crippen molar-refractivity contribution in [2.24, 2.45) is 0 Å². The van der Waals surface area contributed by atoms with Crippen LogP contribution in [-0.2, 0) is 0 Å². The predicted octanol–water partition coefficient (Wildman–Crippen LogP) is 13.6. The number of anilines is 3. The number of fused-ring (bicyclic) bond motifs is 7. The molecule has 0 atom stereocenters. The molecular weight excluding hydrogens is 647 g/mol. The van der Waals surface area contributed by atoms with Gasteiger partial charge in [-0.2, -0.15) is 0 Å². The molecule has 0 bridgehead atoms. The number of allylic oxidation sites excluding steroid dienone is 2. The average molecular weight is 682 g/mol. The molecule has 3 heterocycles. The Morgan fingerprint density at radius 2 is 1.02 bits per heavy atom. The van der Waals surface area contributed by atoms with Gasteiger partial charge in [-0.3, -0.25) is 0 Å². The van der Waals surface area contributed by atoms with Crippen LogP contribution in [0.4, 0.5) is 17.1 Å². The minimum absolute atomic E-state index is 0.851. The van der Waals surface area contributed by atoms with E-state index in [-0.39, 0.29) is 0 Å². The van der Waals surface area contributed by atoms with E-state index in [1.54, 1.807) is 6.08 Å². The van der Waals surface area contributed by atoms with Crippen LogP contribution >= 0.6 is 0 Å². The second kappa shape index (κ2) is 12.3. The molecule has 0 saturated carbocycles. The normalized spacial score (nSPS) is 11.9. The first kappa shape index (κ1) is 30.8. The third-order valence-electron chi connectivity index (χ3n) is 10.5. The molecule has 0 amide bonds. The summed E-state index contributed by atoms with van der Waals surface area (Å²) < 4.78 is 11.0. The third kappa shape index (κ3) is 4.91. The van der Waals surface area contributed by atoms with E-state index < -0.39 is 0 Å². The molecule has 3 aromatic heterocycles. The molecule has 0 saturated heterocycles. The van der Waals surface area contributed by atoms with Gasteiger partial charge >= 0.3 is 0 Å². The number of aromatic nitrogens is 2. The Balaban J connectivity index is 1.14. The lowest BCUT2D eigenvalue weighted by atomic mass is 10.1. The highest BCUT2D eigenvalue weighted by atomic mass is 16.3. The third-order valence-corrected chi connectivity index (χ3v) is 10.5. The van der Waals surface area contributed by atoms with Gasteiger partial charge in [0.1, 0.15) is 11.3 Å². The first-order chi connectivity index (χ1) is 26.2. The maximum absolute atomic E-state index is 6.22. The highest BCUT2D eigenvalue weighted by Gasteiger charge is 2.19. The van der Waals surface area contributed by atoms with Gasteiger partial charge < -0.3 is 18.5 Å². The van der Waals surface area contributed by atoms with Gasteiger partial charge in [-0.25, -0.2) is 0 Å². The lowest BCUT2D eigenvalue weighted by Gasteiger charge is -2.26. The molecule has 53 heavy (non-hydrogen) atoms. The quantitative estimate of drug-likeness (QED) is 0.157. The summed E-state index contributed by atoms with van der Waals surface area (Å²) in [6.07, 6.45) is 5.66. The molecule has 7 aromatic carbocycles. The number of para-hydroxylation sites is 4. The van der Waals surface area contributed by atoms with Crippen molar-refractivity contribution in [3.8, 4) is 11.4 Å². The van der Waals surface area contributed by atoms with Crippen LogP contribution in [0.15, 0.2) is 187 Å². The molecular formula is C49H35N3O. The van der Waals surface area contributed by atoms with Gasteiger partial charge in [0.2, 0.25) is 0 Å². The summed E-state index contributed by atoms with van der Waals surface area (Å²) in [6, 6.07) is 58.9. The fraction of sp³-hybridized carbons (Fsp3) is 0.0204. The van der Waals surface area contributed by atoms with E-state index in [2.05, 4.69) is 191 Å². The molecule has 10 rings (SSSR count). The predicted molar refractivity (Wildman–Crippen MR) is 224 cm³/mol. The summed E-state index contributed by atoms with van der Waals surface area (Å²) >= 11 is 0. The van der Waals surface area contributed by atoms with Gasteiger partial charge in [-0.15, -0.1) is 0 Å². The number of furan rings is 1. The van der Waals surface area contributed by atoms with E-state index in [0.29, 0.717) is 0 Å². The van der Waals surface area contributed by atoms with Crippen molar-refractivity contribution in [2.45, 2.75) is 6.92 Å². The molecule has 0 aliphatic carbocycles. The second-order valence-corrected chi connectivity index (χ2v) is 13.5. The molecule has 0 spiro atoms. The van der Waals surface area contributed by atoms with Crippen molar-refractivity contribution in [1.82, 2.24) is 9.13 Å². The van der Waals surface area contributed by atoms with E-state index in [9.17, 15) is 0 Å². The minimum Gasteiger partial charge on any atom is -0.456 e. The Kier molecular flexibility index (Phi) is 7.15. The largest absolute Gasteiger partial charge is 0.456 e. The first-order valence-corrected chi connectivity index (χ1v) is 18.0. The first-order valence-electron chi connectivity index (χ1n) is 18.0. The van der Waals surface area contributed by atoms with Crippen molar-refractivity contribution in [1.29, 1.82) is 0 Å². The lowest BCUT2D eigenvalue weighted by Crippen LogP contribution is -2.10. The van der Waals surface area contributed by atoms with Crippen molar-refractivity contribution >= 4 is 77.7 Å². The van der Waals surface area contributed by atoms with E-state index >= 15 is 0 Å². The molecule has 4 heteroatoms. The van der Waals surface area contributed by atoms with E-state index in [0.717, 1.165) is 61.8 Å². The van der Waals surface area contributed by atoms with Gasteiger partial charge in [-0.1, -0.05) is 97.6 Å². The standard InChI is InChI=1S/C49H35N3O/c1-3-4-22-48-33(2)43-31-37(28-30-49(43)53-48)52-46-21-13-10-18-41(46)42-29-27-38(32-47(42)52)50(34-14-6-5-7-15-34)35-23-25-36(26-24-35)51-44-19-11-8-16-39(44)40-17-9-12-20-45(40)51/h3-32H,1H2,2H3/b22-4-. The Bertz CT molecular complexity index is 2980. The Morgan fingerprint density at radius 3 is 1.66 bits per heavy atom. The van der Waals surface area contributed by atoms with Crippen LogP contribution in [0.25, 0.3) is 72.0 Å². The van der Waals surface area contributed by atoms with Gasteiger partial charge in [-0.05, 0) is 97.9 Å². The zero-order valence-corrected chi connectivity index (χ0v) is 29.3. The summed E-state index contributed by atoms with van der Waals surface area (Å²) in [5.74, 6) is 0.851. The molecule has 252 valence electrons. The SMILES string of the molecule is C=C/C=C\c1oc2ccc(-n3c4ccccc4c4ccc(N(c5ccccc5)c5ccc(-n6c7ccccc7c7ccccc76)cc5)cc43)cc2c1C. The molecule has 10 aromatic rings. The van der Waals surface area contributed by atoms with Crippen LogP contribution in [-0.4, -0.2) is 9.13 Å². The van der Waals surface area contributed by atoms with Crippen molar-refractivity contribution in [3.63, 3.8) is 0 Å². The zero-order chi connectivity index (χ0) is 35.5. The maximum atomic E-state index is 6.22. The van der Waals surface area contributed by atoms with E-state index in [1.807, 2.05) is 12.2 Å². The number of aryl methyl sites for hydroxylation is 1. The minimum atomic E-state index is 0.851. The number of hydrogen-bond acceptors (Lipinski definition) is 2. The van der Waals surface area contributed by atoms with Crippen molar-refractivity contribution in [2.75, 3.05) is 4.90 Å². The summed E-state index contributed by atoms with van der Waals surface area (Å²) in [7, 11) is 0. The molecule has 0 unspecified atom stereocenters. The van der Waals surface area contributed by atoms with Crippen molar-refractivity contribution < 1.29 is 4.42 Å². The number of hydrogen-bond donors (Lipinski definition) is 0. The summed E-state index contributed by atoms with van der Waals surface area (Å²) in [5, 5.41) is 6.04. The molecule has 0 aliphatic rings. The van der Waals surface area contributed by atoms with E-state index in [4.69, 9.17) is 4.42 Å². The van der Waals surface area contributed by atoms with Crippen LogP contribution in [0.2, 0.25) is 0 Å². The number of nitrogens with zero attached hydrogens (tertiary/aromatic N) is 3. The lowest BCUT2D eigenvalue weighted by molar-refractivity contribution is 0.601. The fourth-order valence-electron chi connectivity index (χ4n) is 8.03. The van der Waals surface area contributed by atoms with Gasteiger partial charge in [0, 0.05) is 60.9 Å². The van der Waals surface area contributed by atoms with E-state index in [1.165, 1.54) is 32.6 Å². The van der Waals surface area contributed by atoms with Crippen LogP contribution < -0.4 is 4.90 Å². The van der Waals surface area contributed by atoms with Crippen LogP contribution in [0.1, 0.15) is 11.3 Å². The topological polar surface area (TPSA) is 26.2 Å². The number of benzene rings is 7. The smallest absolute Gasteiger partial charge is 0.135 e. The maximum Gasteiger partial charge on any atom is 0.135 e. The van der Waals surface area contributed by atoms with Crippen LogP contribution in [0.5, 0.6) is 0 Å². The Morgan fingerprint density at radius 1 is 0.491 bits per heavy atom.